The number of nitrogens with one attached hydrogen (secondary N) is 1. The zero-order chi connectivity index (χ0) is 15.2. The van der Waals surface area contributed by atoms with Crippen molar-refractivity contribution >= 4 is 29.1 Å². The van der Waals surface area contributed by atoms with Gasteiger partial charge in [0.2, 0.25) is 17.7 Å². The highest BCUT2D eigenvalue weighted by atomic mass is 16.2. The number of hydrogen-bond acceptors (Lipinski definition) is 4. The Morgan fingerprint density at radius 1 is 1.19 bits per heavy atom. The van der Waals surface area contributed by atoms with Gasteiger partial charge in [0, 0.05) is 25.8 Å². The molecule has 1 fully saturated rings. The number of likely N-dealkylation sites (tertiary alicyclic amines) is 1. The summed E-state index contributed by atoms with van der Waals surface area (Å²) >= 11 is 0. The smallest absolute Gasteiger partial charge is 0.229 e. The van der Waals surface area contributed by atoms with Crippen molar-refractivity contribution in [2.75, 3.05) is 17.6 Å². The number of imide groups is 1. The molecule has 0 spiro atoms. The highest BCUT2D eigenvalue weighted by Crippen LogP contribution is 2.17. The molecule has 3 N–H and O–H groups in total. The number of carbonyl (C=O) groups is 3. The number of rotatable bonds is 5. The molecule has 21 heavy (non-hydrogen) atoms. The highest BCUT2D eigenvalue weighted by Gasteiger charge is 2.25. The standard InChI is InChI=1S/C15H19N3O3/c16-11-5-1-2-6-12(11)17-13(19)7-4-10-18-14(20)8-3-9-15(18)21/h1-2,5-6H,3-4,7-10,16H2,(H,17,19). The molecule has 0 radical (unpaired) electrons. The highest BCUT2D eigenvalue weighted by molar-refractivity contribution is 5.97. The van der Waals surface area contributed by atoms with Crippen LogP contribution in [0.2, 0.25) is 0 Å². The Hall–Kier alpha value is -2.37. The van der Waals surface area contributed by atoms with E-state index in [4.69, 9.17) is 5.73 Å². The number of nitrogens with two attached hydrogens (primary N) is 1. The maximum absolute atomic E-state index is 11.8. The van der Waals surface area contributed by atoms with Gasteiger partial charge in [-0.25, -0.2) is 0 Å². The SMILES string of the molecule is Nc1ccccc1NC(=O)CCCN1C(=O)CCCC1=O. The minimum atomic E-state index is -0.176. The van der Waals surface area contributed by atoms with Crippen LogP contribution in [0.3, 0.4) is 0 Å². The largest absolute Gasteiger partial charge is 0.397 e. The van der Waals surface area contributed by atoms with Crippen LogP contribution in [0.1, 0.15) is 32.1 Å². The van der Waals surface area contributed by atoms with E-state index in [1.165, 1.54) is 4.90 Å². The Bertz CT molecular complexity index is 541. The van der Waals surface area contributed by atoms with Crippen LogP contribution in [0.15, 0.2) is 24.3 Å². The fourth-order valence-corrected chi connectivity index (χ4v) is 2.27. The first kappa shape index (κ1) is 15.0. The molecule has 6 nitrogen and oxygen atoms in total. The van der Waals surface area contributed by atoms with E-state index in [9.17, 15) is 14.4 Å². The molecule has 1 aromatic carbocycles. The Balaban J connectivity index is 1.78. The van der Waals surface area contributed by atoms with Gasteiger partial charge < -0.3 is 11.1 Å². The van der Waals surface area contributed by atoms with E-state index in [1.807, 2.05) is 0 Å². The number of nitrogens with zero attached hydrogens (tertiary/aromatic N) is 1. The van der Waals surface area contributed by atoms with Gasteiger partial charge in [0.1, 0.15) is 0 Å². The number of carbonyl (C=O) groups excluding carboxylic acids is 3. The van der Waals surface area contributed by atoms with E-state index in [1.54, 1.807) is 24.3 Å². The lowest BCUT2D eigenvalue weighted by molar-refractivity contribution is -0.148. The maximum Gasteiger partial charge on any atom is 0.229 e. The molecule has 3 amide bonds. The number of nitrogen functional groups attached to an aromatic ring is 1. The lowest BCUT2D eigenvalue weighted by Crippen LogP contribution is -2.40. The van der Waals surface area contributed by atoms with Crippen LogP contribution in [0.4, 0.5) is 11.4 Å². The van der Waals surface area contributed by atoms with Crippen molar-refractivity contribution in [3.8, 4) is 0 Å². The van der Waals surface area contributed by atoms with Crippen molar-refractivity contribution in [3.05, 3.63) is 24.3 Å². The molecule has 0 aromatic heterocycles. The molecule has 0 aliphatic carbocycles. The number of piperidine rings is 1. The molecule has 112 valence electrons. The number of hydrogen-bond donors (Lipinski definition) is 2. The molecule has 0 saturated carbocycles. The summed E-state index contributed by atoms with van der Waals surface area (Å²) in [7, 11) is 0. The zero-order valence-electron chi connectivity index (χ0n) is 11.8. The first-order valence-corrected chi connectivity index (χ1v) is 7.05. The van der Waals surface area contributed by atoms with Gasteiger partial charge in [0.05, 0.1) is 11.4 Å². The lowest BCUT2D eigenvalue weighted by Gasteiger charge is -2.24. The van der Waals surface area contributed by atoms with Crippen molar-refractivity contribution in [1.29, 1.82) is 0 Å². The van der Waals surface area contributed by atoms with Gasteiger partial charge >= 0.3 is 0 Å². The number of para-hydroxylation sites is 2. The monoisotopic (exact) mass is 289 g/mol. The lowest BCUT2D eigenvalue weighted by atomic mass is 10.1. The Kier molecular flexibility index (Phi) is 4.92. The molecule has 2 rings (SSSR count). The van der Waals surface area contributed by atoms with Gasteiger partial charge in [0.25, 0.3) is 0 Å². The molecule has 0 bridgehead atoms. The number of anilines is 2. The van der Waals surface area contributed by atoms with Gasteiger partial charge in [0.15, 0.2) is 0 Å². The van der Waals surface area contributed by atoms with Gasteiger partial charge in [-0.05, 0) is 25.0 Å². The molecule has 1 aromatic rings. The van der Waals surface area contributed by atoms with Crippen LogP contribution in [-0.4, -0.2) is 29.2 Å². The molecule has 1 heterocycles. The van der Waals surface area contributed by atoms with Crippen LogP contribution in [0.25, 0.3) is 0 Å². The van der Waals surface area contributed by atoms with E-state index in [2.05, 4.69) is 5.32 Å². The summed E-state index contributed by atoms with van der Waals surface area (Å²) < 4.78 is 0. The van der Waals surface area contributed by atoms with Gasteiger partial charge in [-0.2, -0.15) is 0 Å². The zero-order valence-corrected chi connectivity index (χ0v) is 11.8. The van der Waals surface area contributed by atoms with Crippen molar-refractivity contribution in [2.24, 2.45) is 0 Å². The fourth-order valence-electron chi connectivity index (χ4n) is 2.27. The topological polar surface area (TPSA) is 92.5 Å². The molecule has 1 aliphatic heterocycles. The van der Waals surface area contributed by atoms with Crippen LogP contribution in [0, 0.1) is 0 Å². The summed E-state index contributed by atoms with van der Waals surface area (Å²) in [5, 5.41) is 2.72. The summed E-state index contributed by atoms with van der Waals surface area (Å²) in [6.07, 6.45) is 2.15. The second-order valence-electron chi connectivity index (χ2n) is 5.03. The number of benzene rings is 1. The molecule has 6 heteroatoms. The maximum atomic E-state index is 11.8. The quantitative estimate of drug-likeness (QED) is 0.635. The molecular formula is C15H19N3O3. The molecule has 1 aliphatic rings. The van der Waals surface area contributed by atoms with E-state index in [0.717, 1.165) is 0 Å². The van der Waals surface area contributed by atoms with Crippen molar-refractivity contribution in [2.45, 2.75) is 32.1 Å². The number of amides is 3. The van der Waals surface area contributed by atoms with E-state index in [-0.39, 0.29) is 24.1 Å². The fraction of sp³-hybridized carbons (Fsp3) is 0.400. The summed E-state index contributed by atoms with van der Waals surface area (Å²) in [6.45, 7) is 0.301. The summed E-state index contributed by atoms with van der Waals surface area (Å²) in [4.78, 5) is 36.3. The predicted molar refractivity (Wildman–Crippen MR) is 79.3 cm³/mol. The average molecular weight is 289 g/mol. The molecule has 0 unspecified atom stereocenters. The predicted octanol–water partition coefficient (Wildman–Crippen LogP) is 1.53. The molecular weight excluding hydrogens is 270 g/mol. The first-order valence-electron chi connectivity index (χ1n) is 7.05. The summed E-state index contributed by atoms with van der Waals surface area (Å²) in [6, 6.07) is 7.02. The van der Waals surface area contributed by atoms with Crippen LogP contribution in [0.5, 0.6) is 0 Å². The van der Waals surface area contributed by atoms with Crippen molar-refractivity contribution in [1.82, 2.24) is 4.90 Å². The Labute approximate surface area is 123 Å². The Morgan fingerprint density at radius 3 is 2.52 bits per heavy atom. The summed E-state index contributed by atoms with van der Waals surface area (Å²) in [5.41, 5.74) is 6.82. The minimum Gasteiger partial charge on any atom is -0.397 e. The van der Waals surface area contributed by atoms with Crippen LogP contribution in [-0.2, 0) is 14.4 Å². The van der Waals surface area contributed by atoms with E-state index < -0.39 is 0 Å². The Morgan fingerprint density at radius 2 is 1.86 bits per heavy atom. The van der Waals surface area contributed by atoms with Gasteiger partial charge in [-0.15, -0.1) is 0 Å². The van der Waals surface area contributed by atoms with E-state index >= 15 is 0 Å². The summed E-state index contributed by atoms with van der Waals surface area (Å²) in [5.74, 6) is -0.456. The second kappa shape index (κ2) is 6.88. The normalized spacial score (nSPS) is 15.1. The third-order valence-corrected chi connectivity index (χ3v) is 3.40. The minimum absolute atomic E-state index is 0.140. The van der Waals surface area contributed by atoms with Crippen LogP contribution >= 0.6 is 0 Å². The second-order valence-corrected chi connectivity index (χ2v) is 5.03. The van der Waals surface area contributed by atoms with Gasteiger partial charge in [-0.3, -0.25) is 19.3 Å². The van der Waals surface area contributed by atoms with Crippen molar-refractivity contribution < 1.29 is 14.4 Å². The van der Waals surface area contributed by atoms with Crippen molar-refractivity contribution in [3.63, 3.8) is 0 Å². The first-order chi connectivity index (χ1) is 10.1. The molecule has 1 saturated heterocycles. The third-order valence-electron chi connectivity index (χ3n) is 3.40. The average Bonchev–Trinajstić information content (AvgIpc) is 2.45. The van der Waals surface area contributed by atoms with Gasteiger partial charge in [-0.1, -0.05) is 12.1 Å². The molecule has 0 atom stereocenters. The third kappa shape index (κ3) is 4.05. The van der Waals surface area contributed by atoms with E-state index in [0.29, 0.717) is 43.6 Å². The van der Waals surface area contributed by atoms with Crippen LogP contribution < -0.4 is 11.1 Å².